The van der Waals surface area contributed by atoms with Gasteiger partial charge >= 0.3 is 0 Å². The van der Waals surface area contributed by atoms with Gasteiger partial charge in [0.2, 0.25) is 0 Å². The lowest BCUT2D eigenvalue weighted by Gasteiger charge is -2.45. The van der Waals surface area contributed by atoms with Crippen molar-refractivity contribution in [1.82, 2.24) is 15.0 Å². The number of hydrogen-bond donors (Lipinski definition) is 2. The molecule has 4 rings (SSSR count). The predicted molar refractivity (Wildman–Crippen MR) is 102 cm³/mol. The second-order valence-corrected chi connectivity index (χ2v) is 7.39. The van der Waals surface area contributed by atoms with Crippen LogP contribution in [-0.2, 0) is 6.42 Å². The average molecular weight is 368 g/mol. The minimum atomic E-state index is -0.663. The Balaban J connectivity index is 1.71. The maximum atomic E-state index is 10.8. The number of benzene rings is 1. The van der Waals surface area contributed by atoms with Crippen LogP contribution in [0.1, 0.15) is 23.7 Å². The third kappa shape index (κ3) is 3.28. The van der Waals surface area contributed by atoms with Gasteiger partial charge in [0, 0.05) is 25.4 Å². The highest BCUT2D eigenvalue weighted by Gasteiger charge is 2.43. The molecular weight excluding hydrogens is 344 g/mol. The van der Waals surface area contributed by atoms with Crippen LogP contribution in [0.25, 0.3) is 11.2 Å². The van der Waals surface area contributed by atoms with E-state index in [4.69, 9.17) is 4.42 Å². The number of aliphatic hydroxyl groups is 2. The zero-order valence-electron chi connectivity index (χ0n) is 15.6. The first kappa shape index (κ1) is 17.9. The number of piperidine rings is 1. The van der Waals surface area contributed by atoms with Gasteiger partial charge in [-0.1, -0.05) is 30.3 Å². The lowest BCUT2D eigenvalue weighted by molar-refractivity contribution is -0.0292. The quantitative estimate of drug-likeness (QED) is 0.727. The average Bonchev–Trinajstić information content (AvgIpc) is 3.03. The van der Waals surface area contributed by atoms with Crippen molar-refractivity contribution in [2.45, 2.75) is 32.8 Å². The molecular formula is C20H24N4O3. The minimum absolute atomic E-state index is 0.107. The number of oxazole rings is 1. The molecule has 0 spiro atoms. The maximum Gasteiger partial charge on any atom is 0.252 e. The van der Waals surface area contributed by atoms with Crippen molar-refractivity contribution in [1.29, 1.82) is 0 Å². The van der Waals surface area contributed by atoms with E-state index in [9.17, 15) is 10.2 Å². The molecule has 1 fully saturated rings. The minimum Gasteiger partial charge on any atom is -0.422 e. The first-order valence-electron chi connectivity index (χ1n) is 9.20. The fraction of sp³-hybridized carbons (Fsp3) is 0.450. The van der Waals surface area contributed by atoms with E-state index in [0.29, 0.717) is 54.7 Å². The third-order valence-corrected chi connectivity index (χ3v) is 5.36. The normalized spacial score (nSPS) is 23.1. The number of anilines is 1. The molecule has 1 saturated heterocycles. The van der Waals surface area contributed by atoms with E-state index in [1.54, 1.807) is 6.92 Å². The van der Waals surface area contributed by atoms with E-state index in [1.165, 1.54) is 0 Å². The van der Waals surface area contributed by atoms with E-state index in [0.717, 1.165) is 5.56 Å². The highest BCUT2D eigenvalue weighted by atomic mass is 16.4. The van der Waals surface area contributed by atoms with Crippen LogP contribution in [0.4, 0.5) is 5.82 Å². The zero-order valence-corrected chi connectivity index (χ0v) is 15.6. The van der Waals surface area contributed by atoms with Crippen LogP contribution in [0.5, 0.6) is 0 Å². The van der Waals surface area contributed by atoms with Crippen LogP contribution in [0, 0.1) is 19.3 Å². The molecule has 2 atom stereocenters. The summed E-state index contributed by atoms with van der Waals surface area (Å²) in [6, 6.07) is 9.96. The van der Waals surface area contributed by atoms with Gasteiger partial charge in [-0.05, 0) is 25.3 Å². The number of nitrogens with zero attached hydrogens (tertiary/aromatic N) is 4. The standard InChI is InChI=1S/C20H24N4O3/c1-13-21-18(17-19(22-13)27-14(2)23-17)24-9-8-16(26)20(11-24,12-25)10-15-6-4-3-5-7-15/h3-7,16,25-26H,8-12H2,1-2H3/t16-,20+/m1/s1. The number of aromatic nitrogens is 3. The molecule has 0 amide bonds. The Bertz CT molecular complexity index is 943. The van der Waals surface area contributed by atoms with Gasteiger partial charge < -0.3 is 19.5 Å². The molecule has 0 radical (unpaired) electrons. The van der Waals surface area contributed by atoms with Crippen molar-refractivity contribution in [2.75, 3.05) is 24.6 Å². The molecule has 1 aliphatic rings. The molecule has 3 heterocycles. The van der Waals surface area contributed by atoms with Gasteiger partial charge in [0.1, 0.15) is 5.82 Å². The van der Waals surface area contributed by atoms with Crippen molar-refractivity contribution in [2.24, 2.45) is 5.41 Å². The molecule has 142 valence electrons. The second-order valence-electron chi connectivity index (χ2n) is 7.39. The number of fused-ring (bicyclic) bond motifs is 1. The first-order chi connectivity index (χ1) is 13.0. The number of aliphatic hydroxyl groups excluding tert-OH is 2. The summed E-state index contributed by atoms with van der Waals surface area (Å²) >= 11 is 0. The topological polar surface area (TPSA) is 95.5 Å². The molecule has 0 aliphatic carbocycles. The van der Waals surface area contributed by atoms with E-state index in [-0.39, 0.29) is 6.61 Å². The third-order valence-electron chi connectivity index (χ3n) is 5.36. The van der Waals surface area contributed by atoms with Crippen molar-refractivity contribution in [3.8, 4) is 0 Å². The lowest BCUT2D eigenvalue weighted by Crippen LogP contribution is -2.55. The lowest BCUT2D eigenvalue weighted by atomic mass is 9.73. The summed E-state index contributed by atoms with van der Waals surface area (Å²) in [6.45, 7) is 4.62. The molecule has 1 aromatic carbocycles. The van der Waals surface area contributed by atoms with Crippen LogP contribution in [-0.4, -0.2) is 51.0 Å². The molecule has 2 N–H and O–H groups in total. The van der Waals surface area contributed by atoms with E-state index in [2.05, 4.69) is 19.9 Å². The van der Waals surface area contributed by atoms with E-state index >= 15 is 0 Å². The summed E-state index contributed by atoms with van der Waals surface area (Å²) in [5.74, 6) is 1.85. The van der Waals surface area contributed by atoms with Crippen LogP contribution in [0.3, 0.4) is 0 Å². The summed E-state index contributed by atoms with van der Waals surface area (Å²) in [7, 11) is 0. The van der Waals surface area contributed by atoms with Gasteiger partial charge in [0.15, 0.2) is 17.2 Å². The molecule has 7 nitrogen and oxygen atoms in total. The van der Waals surface area contributed by atoms with Gasteiger partial charge in [-0.25, -0.2) is 9.97 Å². The van der Waals surface area contributed by atoms with Crippen molar-refractivity contribution in [3.63, 3.8) is 0 Å². The summed E-state index contributed by atoms with van der Waals surface area (Å²) in [6.07, 6.45) is 0.554. The van der Waals surface area contributed by atoms with Crippen LogP contribution in [0.15, 0.2) is 34.7 Å². The Morgan fingerprint density at radius 1 is 1.19 bits per heavy atom. The largest absolute Gasteiger partial charge is 0.422 e. The maximum absolute atomic E-state index is 10.8. The Kier molecular flexibility index (Phi) is 4.57. The smallest absolute Gasteiger partial charge is 0.252 e. The summed E-state index contributed by atoms with van der Waals surface area (Å²) < 4.78 is 5.59. The number of aryl methyl sites for hydroxylation is 2. The van der Waals surface area contributed by atoms with Gasteiger partial charge in [-0.15, -0.1) is 0 Å². The molecule has 0 saturated carbocycles. The summed E-state index contributed by atoms with van der Waals surface area (Å²) in [4.78, 5) is 15.5. The molecule has 3 aromatic rings. The van der Waals surface area contributed by atoms with Gasteiger partial charge in [-0.2, -0.15) is 4.98 Å². The fourth-order valence-corrected chi connectivity index (χ4v) is 3.95. The number of rotatable bonds is 4. The molecule has 1 aliphatic heterocycles. The van der Waals surface area contributed by atoms with Crippen molar-refractivity contribution >= 4 is 17.0 Å². The Morgan fingerprint density at radius 2 is 1.96 bits per heavy atom. The first-order valence-corrected chi connectivity index (χ1v) is 9.20. The molecule has 2 aromatic heterocycles. The van der Waals surface area contributed by atoms with E-state index in [1.807, 2.05) is 37.3 Å². The molecule has 7 heteroatoms. The summed E-state index contributed by atoms with van der Waals surface area (Å²) in [5.41, 5.74) is 1.53. The predicted octanol–water partition coefficient (Wildman–Crippen LogP) is 2.03. The van der Waals surface area contributed by atoms with Crippen LogP contribution >= 0.6 is 0 Å². The highest BCUT2D eigenvalue weighted by Crippen LogP contribution is 2.37. The van der Waals surface area contributed by atoms with Gasteiger partial charge in [-0.3, -0.25) is 0 Å². The Morgan fingerprint density at radius 3 is 2.70 bits per heavy atom. The zero-order chi connectivity index (χ0) is 19.0. The Hall–Kier alpha value is -2.51. The van der Waals surface area contributed by atoms with E-state index < -0.39 is 11.5 Å². The second kappa shape index (κ2) is 6.90. The fourth-order valence-electron chi connectivity index (χ4n) is 3.95. The SMILES string of the molecule is Cc1nc(N2CC[C@@H](O)[C@@](CO)(Cc3ccccc3)C2)c2nc(C)oc2n1. The van der Waals surface area contributed by atoms with Crippen molar-refractivity contribution < 1.29 is 14.6 Å². The van der Waals surface area contributed by atoms with Crippen LogP contribution in [0.2, 0.25) is 0 Å². The van der Waals surface area contributed by atoms with Gasteiger partial charge in [0.05, 0.1) is 12.7 Å². The molecule has 0 unspecified atom stereocenters. The monoisotopic (exact) mass is 368 g/mol. The number of hydrogen-bond acceptors (Lipinski definition) is 7. The van der Waals surface area contributed by atoms with Crippen molar-refractivity contribution in [3.05, 3.63) is 47.6 Å². The molecule has 0 bridgehead atoms. The Labute approximate surface area is 157 Å². The molecule has 27 heavy (non-hydrogen) atoms. The van der Waals surface area contributed by atoms with Gasteiger partial charge in [0.25, 0.3) is 5.71 Å². The highest BCUT2D eigenvalue weighted by molar-refractivity contribution is 5.82. The summed E-state index contributed by atoms with van der Waals surface area (Å²) in [5, 5.41) is 21.0. The van der Waals surface area contributed by atoms with Crippen LogP contribution < -0.4 is 4.90 Å².